The summed E-state index contributed by atoms with van der Waals surface area (Å²) in [5, 5.41) is 0. The summed E-state index contributed by atoms with van der Waals surface area (Å²) < 4.78 is 0. The van der Waals surface area contributed by atoms with E-state index in [0.29, 0.717) is 0 Å². The summed E-state index contributed by atoms with van der Waals surface area (Å²) in [5.41, 5.74) is 5.65. The quantitative estimate of drug-likeness (QED) is 0.640. The maximum Gasteiger partial charge on any atom is -0.00462 e. The summed E-state index contributed by atoms with van der Waals surface area (Å²) in [4.78, 5) is 0. The van der Waals surface area contributed by atoms with Crippen LogP contribution in [0.25, 0.3) is 0 Å². The van der Waals surface area contributed by atoms with Gasteiger partial charge in [0.2, 0.25) is 0 Å². The zero-order valence-electron chi connectivity index (χ0n) is 6.97. The smallest absolute Gasteiger partial charge is 0.00462 e. The van der Waals surface area contributed by atoms with Crippen molar-refractivity contribution in [3.05, 3.63) is 0 Å². The highest BCUT2D eigenvalue weighted by Gasteiger charge is 2.24. The molecule has 1 heteroatoms. The van der Waals surface area contributed by atoms with Crippen molar-refractivity contribution in [2.24, 2.45) is 17.6 Å². The average molecular weight is 141 g/mol. The highest BCUT2D eigenvalue weighted by Crippen LogP contribution is 2.33. The Hall–Kier alpha value is -0.0400. The Kier molecular flexibility index (Phi) is 3.20. The predicted octanol–water partition coefficient (Wildman–Crippen LogP) is 2.16. The van der Waals surface area contributed by atoms with Gasteiger partial charge in [0.1, 0.15) is 0 Å². The average Bonchev–Trinajstić information content (AvgIpc) is 2.36. The van der Waals surface area contributed by atoms with E-state index in [2.05, 4.69) is 6.92 Å². The van der Waals surface area contributed by atoms with E-state index >= 15 is 0 Å². The van der Waals surface area contributed by atoms with Gasteiger partial charge in [-0.2, -0.15) is 0 Å². The topological polar surface area (TPSA) is 26.0 Å². The van der Waals surface area contributed by atoms with Crippen molar-refractivity contribution in [3.8, 4) is 0 Å². The van der Waals surface area contributed by atoms with Crippen molar-refractivity contribution >= 4 is 0 Å². The molecule has 0 saturated heterocycles. The van der Waals surface area contributed by atoms with E-state index in [4.69, 9.17) is 5.73 Å². The fourth-order valence-corrected chi connectivity index (χ4v) is 2.17. The lowest BCUT2D eigenvalue weighted by Gasteiger charge is -2.15. The fraction of sp³-hybridized carbons (Fsp3) is 1.00. The first-order valence-electron chi connectivity index (χ1n) is 4.58. The molecule has 2 atom stereocenters. The van der Waals surface area contributed by atoms with Crippen molar-refractivity contribution in [3.63, 3.8) is 0 Å². The third-order valence-electron chi connectivity index (χ3n) is 2.78. The van der Waals surface area contributed by atoms with Gasteiger partial charge in [-0.25, -0.2) is 0 Å². The highest BCUT2D eigenvalue weighted by atomic mass is 14.6. The van der Waals surface area contributed by atoms with E-state index in [1.54, 1.807) is 0 Å². The largest absolute Gasteiger partial charge is 0.330 e. The van der Waals surface area contributed by atoms with Crippen LogP contribution >= 0.6 is 0 Å². The van der Waals surface area contributed by atoms with Gasteiger partial charge in [-0.05, 0) is 24.8 Å². The zero-order valence-corrected chi connectivity index (χ0v) is 6.97. The normalized spacial score (nSPS) is 33.0. The second kappa shape index (κ2) is 3.97. The van der Waals surface area contributed by atoms with Crippen molar-refractivity contribution in [2.45, 2.75) is 39.0 Å². The van der Waals surface area contributed by atoms with Gasteiger partial charge in [-0.3, -0.25) is 0 Å². The molecular weight excluding hydrogens is 122 g/mol. The van der Waals surface area contributed by atoms with Crippen LogP contribution in [-0.4, -0.2) is 6.54 Å². The first-order chi connectivity index (χ1) is 4.88. The number of hydrogen-bond acceptors (Lipinski definition) is 1. The third-order valence-corrected chi connectivity index (χ3v) is 2.78. The first-order valence-corrected chi connectivity index (χ1v) is 4.58. The fourth-order valence-electron chi connectivity index (χ4n) is 2.17. The monoisotopic (exact) mass is 141 g/mol. The maximum atomic E-state index is 5.65. The molecule has 2 N–H and O–H groups in total. The lowest BCUT2D eigenvalue weighted by Crippen LogP contribution is -2.18. The molecule has 1 nitrogen and oxygen atoms in total. The van der Waals surface area contributed by atoms with Crippen LogP contribution in [0.15, 0.2) is 0 Å². The molecule has 0 unspecified atom stereocenters. The lowest BCUT2D eigenvalue weighted by atomic mass is 9.92. The first kappa shape index (κ1) is 8.06. The van der Waals surface area contributed by atoms with Gasteiger partial charge in [0.15, 0.2) is 0 Å². The van der Waals surface area contributed by atoms with Gasteiger partial charge in [0.25, 0.3) is 0 Å². The summed E-state index contributed by atoms with van der Waals surface area (Å²) >= 11 is 0. The molecule has 0 radical (unpaired) electrons. The Morgan fingerprint density at radius 3 is 2.60 bits per heavy atom. The second-order valence-corrected chi connectivity index (χ2v) is 3.48. The van der Waals surface area contributed by atoms with Crippen molar-refractivity contribution in [1.82, 2.24) is 0 Å². The van der Waals surface area contributed by atoms with Gasteiger partial charge < -0.3 is 5.73 Å². The molecule has 0 spiro atoms. The molecule has 0 bridgehead atoms. The maximum absolute atomic E-state index is 5.65. The second-order valence-electron chi connectivity index (χ2n) is 3.48. The molecule has 60 valence electrons. The molecule has 1 aliphatic carbocycles. The summed E-state index contributed by atoms with van der Waals surface area (Å²) in [5.74, 6) is 1.83. The Morgan fingerprint density at radius 1 is 1.30 bits per heavy atom. The molecule has 0 aromatic rings. The molecule has 1 rings (SSSR count). The molecule has 1 fully saturated rings. The Morgan fingerprint density at radius 2 is 2.00 bits per heavy atom. The zero-order chi connectivity index (χ0) is 7.40. The van der Waals surface area contributed by atoms with Crippen LogP contribution in [0.2, 0.25) is 0 Å². The SMILES string of the molecule is CCC[C@H]1CCC[C@H]1CN. The summed E-state index contributed by atoms with van der Waals surface area (Å²) in [7, 11) is 0. The minimum Gasteiger partial charge on any atom is -0.330 e. The molecule has 1 aliphatic rings. The van der Waals surface area contributed by atoms with E-state index in [1.165, 1.54) is 32.1 Å². The summed E-state index contributed by atoms with van der Waals surface area (Å²) in [6, 6.07) is 0. The van der Waals surface area contributed by atoms with Crippen LogP contribution in [-0.2, 0) is 0 Å². The predicted molar refractivity (Wildman–Crippen MR) is 44.8 cm³/mol. The van der Waals surface area contributed by atoms with E-state index in [9.17, 15) is 0 Å². The summed E-state index contributed by atoms with van der Waals surface area (Å²) in [6.45, 7) is 3.19. The molecule has 0 aliphatic heterocycles. The van der Waals surface area contributed by atoms with E-state index in [0.717, 1.165) is 18.4 Å². The van der Waals surface area contributed by atoms with Gasteiger partial charge in [0.05, 0.1) is 0 Å². The molecule has 0 aromatic carbocycles. The molecule has 0 aromatic heterocycles. The molecular formula is C9H19N. The van der Waals surface area contributed by atoms with Crippen molar-refractivity contribution < 1.29 is 0 Å². The van der Waals surface area contributed by atoms with E-state index in [1.807, 2.05) is 0 Å². The Balaban J connectivity index is 2.27. The molecule has 0 heterocycles. The molecule has 0 amide bonds. The highest BCUT2D eigenvalue weighted by molar-refractivity contribution is 4.77. The summed E-state index contributed by atoms with van der Waals surface area (Å²) in [6.07, 6.45) is 6.99. The van der Waals surface area contributed by atoms with Crippen molar-refractivity contribution in [2.75, 3.05) is 6.54 Å². The minimum atomic E-state index is 0.861. The lowest BCUT2D eigenvalue weighted by molar-refractivity contribution is 0.369. The van der Waals surface area contributed by atoms with E-state index in [-0.39, 0.29) is 0 Å². The van der Waals surface area contributed by atoms with Crippen LogP contribution in [0.1, 0.15) is 39.0 Å². The third kappa shape index (κ3) is 1.72. The van der Waals surface area contributed by atoms with Crippen LogP contribution in [0.4, 0.5) is 0 Å². The van der Waals surface area contributed by atoms with Crippen LogP contribution in [0, 0.1) is 11.8 Å². The van der Waals surface area contributed by atoms with Crippen LogP contribution < -0.4 is 5.73 Å². The van der Waals surface area contributed by atoms with Gasteiger partial charge in [0, 0.05) is 0 Å². The standard InChI is InChI=1S/C9H19N/c1-2-4-8-5-3-6-9(8)7-10/h8-9H,2-7,10H2,1H3/t8-,9-/m0/s1. The molecule has 1 saturated carbocycles. The Labute approximate surface area is 64.0 Å². The number of nitrogens with two attached hydrogens (primary N) is 1. The molecule has 10 heavy (non-hydrogen) atoms. The van der Waals surface area contributed by atoms with Gasteiger partial charge >= 0.3 is 0 Å². The van der Waals surface area contributed by atoms with Crippen molar-refractivity contribution in [1.29, 1.82) is 0 Å². The van der Waals surface area contributed by atoms with Gasteiger partial charge in [-0.1, -0.05) is 32.6 Å². The van der Waals surface area contributed by atoms with Crippen LogP contribution in [0.3, 0.4) is 0 Å². The van der Waals surface area contributed by atoms with Gasteiger partial charge in [-0.15, -0.1) is 0 Å². The minimum absolute atomic E-state index is 0.861. The number of hydrogen-bond donors (Lipinski definition) is 1. The Bertz CT molecular complexity index is 90.7. The van der Waals surface area contributed by atoms with E-state index < -0.39 is 0 Å². The number of rotatable bonds is 3. The van der Waals surface area contributed by atoms with Crippen LogP contribution in [0.5, 0.6) is 0 Å².